The van der Waals surface area contributed by atoms with Crippen LogP contribution in [-0.2, 0) is 21.8 Å². The molecule has 4 heteroatoms. The van der Waals surface area contributed by atoms with Crippen molar-refractivity contribution >= 4 is 6.09 Å². The van der Waals surface area contributed by atoms with Gasteiger partial charge in [0.2, 0.25) is 0 Å². The summed E-state index contributed by atoms with van der Waals surface area (Å²) in [5.41, 5.74) is -0.386. The molecular weight excluding hydrogens is 282 g/mol. The molecule has 0 saturated heterocycles. The van der Waals surface area contributed by atoms with Gasteiger partial charge in [-0.3, -0.25) is 0 Å². The monoisotopic (exact) mass is 311 g/mol. The van der Waals surface area contributed by atoms with Crippen LogP contribution in [-0.4, -0.2) is 17.7 Å². The fourth-order valence-electron chi connectivity index (χ4n) is 2.43. The SMILES string of the molecule is C1CCCC1.CC(C)(C)OC(=O)NC1CCCC1.[Fe]. The minimum Gasteiger partial charge on any atom is -0.444 e. The van der Waals surface area contributed by atoms with Gasteiger partial charge in [0.05, 0.1) is 0 Å². The van der Waals surface area contributed by atoms with Gasteiger partial charge in [0.15, 0.2) is 0 Å². The molecule has 1 amide bonds. The molecule has 2 rings (SSSR count). The Kier molecular flexibility index (Phi) is 9.55. The van der Waals surface area contributed by atoms with E-state index < -0.39 is 0 Å². The van der Waals surface area contributed by atoms with Crippen molar-refractivity contribution in [3.8, 4) is 0 Å². The quantitative estimate of drug-likeness (QED) is 0.729. The molecule has 114 valence electrons. The maximum Gasteiger partial charge on any atom is 0.407 e. The van der Waals surface area contributed by atoms with Crippen molar-refractivity contribution in [3.63, 3.8) is 0 Å². The molecule has 19 heavy (non-hydrogen) atoms. The Balaban J connectivity index is 0.000000454. The van der Waals surface area contributed by atoms with Crippen LogP contribution in [0.2, 0.25) is 0 Å². The van der Waals surface area contributed by atoms with E-state index in [-0.39, 0.29) is 28.8 Å². The number of rotatable bonds is 1. The van der Waals surface area contributed by atoms with Gasteiger partial charge < -0.3 is 10.1 Å². The fraction of sp³-hybridized carbons (Fsp3) is 0.933. The van der Waals surface area contributed by atoms with E-state index in [1.54, 1.807) is 0 Å². The Morgan fingerprint density at radius 3 is 1.74 bits per heavy atom. The molecule has 0 heterocycles. The molecule has 0 aromatic carbocycles. The third kappa shape index (κ3) is 10.3. The number of amides is 1. The summed E-state index contributed by atoms with van der Waals surface area (Å²) in [6.45, 7) is 5.63. The molecule has 2 fully saturated rings. The predicted molar refractivity (Wildman–Crippen MR) is 74.7 cm³/mol. The molecule has 0 atom stereocenters. The first-order chi connectivity index (χ1) is 8.47. The van der Waals surface area contributed by atoms with Crippen LogP contribution in [0.1, 0.15) is 78.6 Å². The molecule has 2 saturated carbocycles. The van der Waals surface area contributed by atoms with E-state index in [0.717, 1.165) is 12.8 Å². The number of hydrogen-bond donors (Lipinski definition) is 1. The first-order valence-corrected chi connectivity index (χ1v) is 7.47. The largest absolute Gasteiger partial charge is 0.444 e. The number of carbonyl (C=O) groups is 1. The second kappa shape index (κ2) is 9.66. The summed E-state index contributed by atoms with van der Waals surface area (Å²) in [6, 6.07) is 0.342. The van der Waals surface area contributed by atoms with Crippen LogP contribution in [0.3, 0.4) is 0 Å². The van der Waals surface area contributed by atoms with E-state index in [4.69, 9.17) is 4.74 Å². The summed E-state index contributed by atoms with van der Waals surface area (Å²) < 4.78 is 5.15. The zero-order valence-electron chi connectivity index (χ0n) is 12.6. The molecule has 3 nitrogen and oxygen atoms in total. The Labute approximate surface area is 128 Å². The van der Waals surface area contributed by atoms with Gasteiger partial charge in [-0.1, -0.05) is 44.9 Å². The normalized spacial score (nSPS) is 19.1. The van der Waals surface area contributed by atoms with Crippen molar-refractivity contribution in [1.29, 1.82) is 0 Å². The van der Waals surface area contributed by atoms with E-state index in [2.05, 4.69) is 5.32 Å². The Morgan fingerprint density at radius 2 is 1.37 bits per heavy atom. The third-order valence-electron chi connectivity index (χ3n) is 3.33. The molecule has 0 spiro atoms. The van der Waals surface area contributed by atoms with Gasteiger partial charge in [-0.25, -0.2) is 4.79 Å². The van der Waals surface area contributed by atoms with Gasteiger partial charge in [-0.15, -0.1) is 0 Å². The molecule has 2 aliphatic rings. The van der Waals surface area contributed by atoms with Crippen molar-refractivity contribution in [2.75, 3.05) is 0 Å². The summed E-state index contributed by atoms with van der Waals surface area (Å²) in [5.74, 6) is 0. The maximum atomic E-state index is 11.3. The van der Waals surface area contributed by atoms with Gasteiger partial charge in [-0.2, -0.15) is 0 Å². The predicted octanol–water partition coefficient (Wildman–Crippen LogP) is 4.40. The molecule has 0 aromatic rings. The Morgan fingerprint density at radius 1 is 0.947 bits per heavy atom. The molecule has 0 aromatic heterocycles. The standard InChI is InChI=1S/C10H19NO2.C5H10.Fe/c1-10(2,3)13-9(12)11-8-6-4-5-7-8;1-2-4-5-3-1;/h8H,4-7H2,1-3H3,(H,11,12);1-5H2;. The number of hydrogen-bond acceptors (Lipinski definition) is 2. The summed E-state index contributed by atoms with van der Waals surface area (Å²) in [4.78, 5) is 11.3. The van der Waals surface area contributed by atoms with Crippen LogP contribution < -0.4 is 5.32 Å². The molecule has 1 N–H and O–H groups in total. The van der Waals surface area contributed by atoms with Gasteiger partial charge >= 0.3 is 6.09 Å². The number of nitrogens with one attached hydrogen (secondary N) is 1. The average molecular weight is 311 g/mol. The van der Waals surface area contributed by atoms with Crippen LogP contribution in [0.25, 0.3) is 0 Å². The second-order valence-corrected chi connectivity index (χ2v) is 6.40. The van der Waals surface area contributed by atoms with E-state index in [1.165, 1.54) is 44.9 Å². The summed E-state index contributed by atoms with van der Waals surface area (Å²) in [7, 11) is 0. The first kappa shape index (κ1) is 18.8. The second-order valence-electron chi connectivity index (χ2n) is 6.40. The summed E-state index contributed by atoms with van der Waals surface area (Å²) in [6.07, 6.45) is 11.9. The van der Waals surface area contributed by atoms with Gasteiger partial charge in [0, 0.05) is 23.1 Å². The number of alkyl carbamates (subject to hydrolysis) is 1. The van der Waals surface area contributed by atoms with Crippen LogP contribution >= 0.6 is 0 Å². The summed E-state index contributed by atoms with van der Waals surface area (Å²) in [5, 5.41) is 2.87. The van der Waals surface area contributed by atoms with E-state index in [0.29, 0.717) is 6.04 Å². The van der Waals surface area contributed by atoms with Crippen molar-refractivity contribution in [2.24, 2.45) is 0 Å². The van der Waals surface area contributed by atoms with Crippen molar-refractivity contribution in [1.82, 2.24) is 5.32 Å². The minimum atomic E-state index is -0.386. The molecular formula is C15H29FeNO2. The zero-order valence-corrected chi connectivity index (χ0v) is 13.7. The third-order valence-corrected chi connectivity index (χ3v) is 3.33. The Bertz CT molecular complexity index is 233. The van der Waals surface area contributed by atoms with Crippen molar-refractivity contribution in [3.05, 3.63) is 0 Å². The minimum absolute atomic E-state index is 0. The number of ether oxygens (including phenoxy) is 1. The maximum absolute atomic E-state index is 11.3. The molecule has 0 unspecified atom stereocenters. The van der Waals surface area contributed by atoms with Gasteiger partial charge in [0.1, 0.15) is 5.60 Å². The number of carbonyl (C=O) groups excluding carboxylic acids is 1. The van der Waals surface area contributed by atoms with Crippen LogP contribution in [0, 0.1) is 0 Å². The van der Waals surface area contributed by atoms with Crippen LogP contribution in [0.4, 0.5) is 4.79 Å². The van der Waals surface area contributed by atoms with Gasteiger partial charge in [0.25, 0.3) is 0 Å². The van der Waals surface area contributed by atoms with Crippen molar-refractivity contribution < 1.29 is 26.6 Å². The molecule has 2 aliphatic carbocycles. The first-order valence-electron chi connectivity index (χ1n) is 7.47. The topological polar surface area (TPSA) is 38.3 Å². The summed E-state index contributed by atoms with van der Waals surface area (Å²) >= 11 is 0. The van der Waals surface area contributed by atoms with E-state index in [1.807, 2.05) is 20.8 Å². The molecule has 0 aliphatic heterocycles. The van der Waals surface area contributed by atoms with E-state index >= 15 is 0 Å². The van der Waals surface area contributed by atoms with Crippen LogP contribution in [0.5, 0.6) is 0 Å². The Hall–Kier alpha value is -0.211. The van der Waals surface area contributed by atoms with Gasteiger partial charge in [-0.05, 0) is 33.6 Å². The smallest absolute Gasteiger partial charge is 0.407 e. The average Bonchev–Trinajstić information content (AvgIpc) is 2.88. The van der Waals surface area contributed by atoms with Crippen LogP contribution in [0.15, 0.2) is 0 Å². The van der Waals surface area contributed by atoms with Crippen molar-refractivity contribution in [2.45, 2.75) is 90.2 Å². The van der Waals surface area contributed by atoms with E-state index in [9.17, 15) is 4.79 Å². The molecule has 0 radical (unpaired) electrons. The zero-order chi connectivity index (χ0) is 13.4. The fourth-order valence-corrected chi connectivity index (χ4v) is 2.43. The molecule has 0 bridgehead atoms.